The molecule has 6 heteroatoms. The summed E-state index contributed by atoms with van der Waals surface area (Å²) in [5.41, 5.74) is 0.281. The van der Waals surface area contributed by atoms with Crippen LogP contribution in [-0.2, 0) is 0 Å². The molecular weight excluding hydrogens is 371 g/mol. The molecule has 0 aliphatic heterocycles. The number of halogens is 1. The van der Waals surface area contributed by atoms with Crippen LogP contribution >= 0.6 is 22.6 Å². The Bertz CT molecular complexity index is 485. The molecule has 0 spiro atoms. The second kappa shape index (κ2) is 6.71. The zero-order valence-electron chi connectivity index (χ0n) is 11.3. The van der Waals surface area contributed by atoms with E-state index in [0.717, 1.165) is 34.9 Å². The van der Waals surface area contributed by atoms with Gasteiger partial charge >= 0.3 is 0 Å². The molecule has 1 aromatic rings. The second-order valence-corrected chi connectivity index (χ2v) is 6.58. The van der Waals surface area contributed by atoms with Gasteiger partial charge in [-0.25, -0.2) is 0 Å². The molecule has 20 heavy (non-hydrogen) atoms. The van der Waals surface area contributed by atoms with Crippen molar-refractivity contribution in [2.24, 2.45) is 0 Å². The quantitative estimate of drug-likeness (QED) is 0.356. The Labute approximate surface area is 132 Å². The zero-order chi connectivity index (χ0) is 14.6. The summed E-state index contributed by atoms with van der Waals surface area (Å²) in [7, 11) is 0. The van der Waals surface area contributed by atoms with E-state index in [1.807, 2.05) is 0 Å². The molecule has 0 heterocycles. The molecule has 2 N–H and O–H groups in total. The highest BCUT2D eigenvalue weighted by atomic mass is 127. The number of anilines is 1. The standard InChI is InChI=1S/C14H19IN2O3/c15-12-9-11(17(19)20)5-6-13(12)16-10-14(18)7-3-1-2-4-8-14/h5-6,9,16,18H,1-4,7-8,10H2. The predicted molar refractivity (Wildman–Crippen MR) is 87.0 cm³/mol. The average Bonchev–Trinajstić information content (AvgIpc) is 2.62. The van der Waals surface area contributed by atoms with Crippen LogP contribution in [0.5, 0.6) is 0 Å². The zero-order valence-corrected chi connectivity index (χ0v) is 13.4. The topological polar surface area (TPSA) is 75.4 Å². The molecule has 110 valence electrons. The Kier molecular flexibility index (Phi) is 5.20. The van der Waals surface area contributed by atoms with Gasteiger partial charge in [0, 0.05) is 27.9 Å². The Morgan fingerprint density at radius 1 is 1.30 bits per heavy atom. The Hall–Kier alpha value is -0.890. The van der Waals surface area contributed by atoms with E-state index in [1.165, 1.54) is 18.9 Å². The number of nitrogens with one attached hydrogen (secondary N) is 1. The summed E-state index contributed by atoms with van der Waals surface area (Å²) in [6.45, 7) is 0.501. The molecule has 1 fully saturated rings. The number of nitro groups is 1. The number of hydrogen-bond donors (Lipinski definition) is 2. The molecule has 0 amide bonds. The van der Waals surface area contributed by atoms with Gasteiger partial charge in [-0.1, -0.05) is 25.7 Å². The fourth-order valence-corrected chi connectivity index (χ4v) is 3.27. The van der Waals surface area contributed by atoms with Crippen LogP contribution in [0.2, 0.25) is 0 Å². The largest absolute Gasteiger partial charge is 0.388 e. The molecule has 1 aromatic carbocycles. The van der Waals surface area contributed by atoms with Crippen LogP contribution in [0.25, 0.3) is 0 Å². The monoisotopic (exact) mass is 390 g/mol. The molecule has 0 aromatic heterocycles. The van der Waals surface area contributed by atoms with Crippen molar-refractivity contribution < 1.29 is 10.0 Å². The van der Waals surface area contributed by atoms with Crippen molar-refractivity contribution in [1.29, 1.82) is 0 Å². The van der Waals surface area contributed by atoms with E-state index in [4.69, 9.17) is 0 Å². The first-order chi connectivity index (χ1) is 9.50. The smallest absolute Gasteiger partial charge is 0.270 e. The van der Waals surface area contributed by atoms with Crippen molar-refractivity contribution in [3.05, 3.63) is 31.9 Å². The summed E-state index contributed by atoms with van der Waals surface area (Å²) in [4.78, 5) is 10.3. The van der Waals surface area contributed by atoms with E-state index in [-0.39, 0.29) is 5.69 Å². The second-order valence-electron chi connectivity index (χ2n) is 5.41. The van der Waals surface area contributed by atoms with Crippen LogP contribution < -0.4 is 5.32 Å². The summed E-state index contributed by atoms with van der Waals surface area (Å²) in [5, 5.41) is 24.5. The SMILES string of the molecule is O=[N+]([O-])c1ccc(NCC2(O)CCCCCC2)c(I)c1. The third-order valence-corrected chi connectivity index (χ3v) is 4.70. The van der Waals surface area contributed by atoms with Crippen LogP contribution in [0.15, 0.2) is 18.2 Å². The van der Waals surface area contributed by atoms with E-state index in [1.54, 1.807) is 12.1 Å². The molecule has 1 aliphatic carbocycles. The molecule has 0 atom stereocenters. The number of aliphatic hydroxyl groups is 1. The van der Waals surface area contributed by atoms with E-state index in [2.05, 4.69) is 27.9 Å². The summed E-state index contributed by atoms with van der Waals surface area (Å²) in [6.07, 6.45) is 6.16. The van der Waals surface area contributed by atoms with Gasteiger partial charge in [0.1, 0.15) is 0 Å². The molecule has 1 aliphatic rings. The third-order valence-electron chi connectivity index (χ3n) is 3.81. The first-order valence-corrected chi connectivity index (χ1v) is 7.98. The van der Waals surface area contributed by atoms with Crippen LogP contribution in [0.3, 0.4) is 0 Å². The van der Waals surface area contributed by atoms with Crippen LogP contribution in [0.1, 0.15) is 38.5 Å². The lowest BCUT2D eigenvalue weighted by Gasteiger charge is -2.27. The maximum Gasteiger partial charge on any atom is 0.270 e. The number of hydrogen-bond acceptors (Lipinski definition) is 4. The molecule has 0 radical (unpaired) electrons. The minimum Gasteiger partial charge on any atom is -0.388 e. The van der Waals surface area contributed by atoms with Gasteiger partial charge in [-0.05, 0) is 41.5 Å². The molecule has 1 saturated carbocycles. The number of nitro benzene ring substituents is 1. The minimum absolute atomic E-state index is 0.0909. The first kappa shape index (κ1) is 15.5. The lowest BCUT2D eigenvalue weighted by molar-refractivity contribution is -0.384. The third kappa shape index (κ3) is 4.05. The van der Waals surface area contributed by atoms with E-state index in [0.29, 0.717) is 6.54 Å². The van der Waals surface area contributed by atoms with Crippen molar-refractivity contribution in [2.45, 2.75) is 44.1 Å². The van der Waals surface area contributed by atoms with Crippen LogP contribution in [0, 0.1) is 13.7 Å². The first-order valence-electron chi connectivity index (χ1n) is 6.90. The summed E-state index contributed by atoms with van der Waals surface area (Å²) >= 11 is 2.08. The van der Waals surface area contributed by atoms with Crippen LogP contribution in [-0.4, -0.2) is 22.2 Å². The van der Waals surface area contributed by atoms with Gasteiger partial charge in [-0.3, -0.25) is 10.1 Å². The number of benzene rings is 1. The number of nitrogens with zero attached hydrogens (tertiary/aromatic N) is 1. The molecule has 0 saturated heterocycles. The summed E-state index contributed by atoms with van der Waals surface area (Å²) in [5.74, 6) is 0. The Morgan fingerprint density at radius 3 is 2.50 bits per heavy atom. The highest BCUT2D eigenvalue weighted by Gasteiger charge is 2.27. The highest BCUT2D eigenvalue weighted by Crippen LogP contribution is 2.29. The van der Waals surface area contributed by atoms with Crippen LogP contribution in [0.4, 0.5) is 11.4 Å². The van der Waals surface area contributed by atoms with Crippen molar-refractivity contribution in [3.8, 4) is 0 Å². The fraction of sp³-hybridized carbons (Fsp3) is 0.571. The average molecular weight is 390 g/mol. The maximum absolute atomic E-state index is 10.7. The Balaban J connectivity index is 2.01. The maximum atomic E-state index is 10.7. The van der Waals surface area contributed by atoms with E-state index in [9.17, 15) is 15.2 Å². The fourth-order valence-electron chi connectivity index (χ4n) is 2.58. The summed E-state index contributed by atoms with van der Waals surface area (Å²) < 4.78 is 0.800. The molecule has 0 bridgehead atoms. The predicted octanol–water partition coefficient (Wildman–Crippen LogP) is 3.70. The normalized spacial score (nSPS) is 18.3. The molecule has 5 nitrogen and oxygen atoms in total. The van der Waals surface area contributed by atoms with Gasteiger partial charge in [-0.15, -0.1) is 0 Å². The lowest BCUT2D eigenvalue weighted by Crippen LogP contribution is -2.36. The molecule has 0 unspecified atom stereocenters. The molecule has 2 rings (SSSR count). The number of rotatable bonds is 4. The van der Waals surface area contributed by atoms with Gasteiger partial charge in [-0.2, -0.15) is 0 Å². The van der Waals surface area contributed by atoms with Crippen molar-refractivity contribution >= 4 is 34.0 Å². The van der Waals surface area contributed by atoms with Crippen molar-refractivity contribution in [2.75, 3.05) is 11.9 Å². The van der Waals surface area contributed by atoms with Gasteiger partial charge in [0.05, 0.1) is 10.5 Å². The van der Waals surface area contributed by atoms with Gasteiger partial charge in [0.2, 0.25) is 0 Å². The van der Waals surface area contributed by atoms with E-state index < -0.39 is 10.5 Å². The van der Waals surface area contributed by atoms with Gasteiger partial charge in [0.25, 0.3) is 5.69 Å². The summed E-state index contributed by atoms with van der Waals surface area (Å²) in [6, 6.07) is 4.74. The number of non-ortho nitro benzene ring substituents is 1. The van der Waals surface area contributed by atoms with E-state index >= 15 is 0 Å². The highest BCUT2D eigenvalue weighted by molar-refractivity contribution is 14.1. The van der Waals surface area contributed by atoms with Gasteiger partial charge < -0.3 is 10.4 Å². The Morgan fingerprint density at radius 2 is 1.95 bits per heavy atom. The van der Waals surface area contributed by atoms with Gasteiger partial charge in [0.15, 0.2) is 0 Å². The van der Waals surface area contributed by atoms with Crippen molar-refractivity contribution in [1.82, 2.24) is 0 Å². The lowest BCUT2D eigenvalue weighted by atomic mass is 9.94. The van der Waals surface area contributed by atoms with Crippen molar-refractivity contribution in [3.63, 3.8) is 0 Å². The minimum atomic E-state index is -0.651. The molecular formula is C14H19IN2O3.